The Morgan fingerprint density at radius 3 is 2.41 bits per heavy atom. The predicted molar refractivity (Wildman–Crippen MR) is 163 cm³/mol. The Morgan fingerprint density at radius 1 is 1.00 bits per heavy atom. The minimum atomic E-state index is -0.468. The van der Waals surface area contributed by atoms with Gasteiger partial charge in [-0.15, -0.1) is 24.8 Å². The lowest BCUT2D eigenvalue weighted by atomic mass is 9.99. The van der Waals surface area contributed by atoms with Crippen LogP contribution in [-0.2, 0) is 0 Å². The van der Waals surface area contributed by atoms with Crippen molar-refractivity contribution >= 4 is 71.3 Å². The molecule has 1 aromatic heterocycles. The van der Waals surface area contributed by atoms with E-state index in [1.54, 1.807) is 30.3 Å². The molecule has 0 saturated carbocycles. The fraction of sp³-hybridized carbons (Fsp3) is 0.321. The van der Waals surface area contributed by atoms with Crippen molar-refractivity contribution in [2.45, 2.75) is 32.6 Å². The van der Waals surface area contributed by atoms with E-state index in [-0.39, 0.29) is 42.2 Å². The van der Waals surface area contributed by atoms with Crippen molar-refractivity contribution in [3.05, 3.63) is 81.5 Å². The van der Waals surface area contributed by atoms with E-state index in [9.17, 15) is 9.59 Å². The molecule has 1 unspecified atom stereocenters. The Hall–Kier alpha value is -2.55. The first-order chi connectivity index (χ1) is 17.8. The molecule has 1 saturated heterocycles. The number of hydrogen-bond acceptors (Lipinski definition) is 5. The highest BCUT2D eigenvalue weighted by atomic mass is 35.5. The van der Waals surface area contributed by atoms with Crippen LogP contribution in [-0.4, -0.2) is 36.5 Å². The smallest absolute Gasteiger partial charge is 0.259 e. The molecule has 1 fully saturated rings. The van der Waals surface area contributed by atoms with Gasteiger partial charge < -0.3 is 20.7 Å². The van der Waals surface area contributed by atoms with E-state index in [0.29, 0.717) is 45.4 Å². The van der Waals surface area contributed by atoms with Crippen LogP contribution >= 0.6 is 48.0 Å². The Kier molecular flexibility index (Phi) is 12.8. The van der Waals surface area contributed by atoms with Crippen molar-refractivity contribution in [2.24, 2.45) is 5.92 Å². The van der Waals surface area contributed by atoms with Crippen molar-refractivity contribution in [2.75, 3.05) is 30.3 Å². The summed E-state index contributed by atoms with van der Waals surface area (Å²) in [4.78, 5) is 30.5. The first-order valence-electron chi connectivity index (χ1n) is 12.3. The van der Waals surface area contributed by atoms with Crippen LogP contribution in [0.1, 0.15) is 58.9 Å². The first-order valence-corrected chi connectivity index (χ1v) is 13.1. The molecule has 4 rings (SSSR count). The molecule has 7 nitrogen and oxygen atoms in total. The Bertz CT molecular complexity index is 1270. The summed E-state index contributed by atoms with van der Waals surface area (Å²) in [6.45, 7) is 6.64. The molecule has 0 spiro atoms. The van der Waals surface area contributed by atoms with Gasteiger partial charge >= 0.3 is 0 Å². The molecule has 39 heavy (non-hydrogen) atoms. The number of amides is 2. The summed E-state index contributed by atoms with van der Waals surface area (Å²) in [7, 11) is 0. The standard InChI is InChI=1S/C28H30Cl2N4O3.2ClH/c1-17(2)19-5-8-22(25(12-19)37-16-18-4-3-11-31-14-18)27(35)33-24-9-6-20(29)13-23(24)28(36)34-26-10-7-21(30)15-32-26;;/h5-10,12-13,15,17-18,31H,3-4,11,14,16H2,1-2H3,(H,33,35)(H,32,34,36);2*1H. The number of halogens is 4. The number of piperidine rings is 1. The van der Waals surface area contributed by atoms with E-state index in [1.165, 1.54) is 12.3 Å². The molecule has 0 bridgehead atoms. The molecule has 3 N–H and O–H groups in total. The van der Waals surface area contributed by atoms with Gasteiger partial charge in [-0.05, 0) is 73.3 Å². The fourth-order valence-corrected chi connectivity index (χ4v) is 4.40. The van der Waals surface area contributed by atoms with Crippen LogP contribution in [0.3, 0.4) is 0 Å². The monoisotopic (exact) mass is 612 g/mol. The average molecular weight is 614 g/mol. The molecule has 1 aliphatic heterocycles. The summed E-state index contributed by atoms with van der Waals surface area (Å²) in [5.41, 5.74) is 1.99. The van der Waals surface area contributed by atoms with Gasteiger partial charge in [0, 0.05) is 23.7 Å². The van der Waals surface area contributed by atoms with E-state index in [0.717, 1.165) is 31.5 Å². The summed E-state index contributed by atoms with van der Waals surface area (Å²) in [5, 5.41) is 9.78. The number of carbonyl (C=O) groups excluding carboxylic acids is 2. The van der Waals surface area contributed by atoms with Gasteiger partial charge in [0.25, 0.3) is 11.8 Å². The zero-order valence-corrected chi connectivity index (χ0v) is 24.8. The zero-order chi connectivity index (χ0) is 26.4. The number of rotatable bonds is 8. The molecule has 0 radical (unpaired) electrons. The molecular formula is C28H32Cl4N4O3. The third-order valence-electron chi connectivity index (χ3n) is 6.23. The number of carbonyl (C=O) groups is 2. The molecule has 1 atom stereocenters. The molecule has 0 aliphatic carbocycles. The van der Waals surface area contributed by atoms with Gasteiger partial charge in [0.1, 0.15) is 11.6 Å². The number of hydrogen-bond donors (Lipinski definition) is 3. The van der Waals surface area contributed by atoms with E-state index in [1.807, 2.05) is 12.1 Å². The van der Waals surface area contributed by atoms with E-state index >= 15 is 0 Å². The van der Waals surface area contributed by atoms with Crippen LogP contribution in [0.4, 0.5) is 11.5 Å². The summed E-state index contributed by atoms with van der Waals surface area (Å²) >= 11 is 12.1. The number of pyridine rings is 1. The lowest BCUT2D eigenvalue weighted by Crippen LogP contribution is -2.33. The average Bonchev–Trinajstić information content (AvgIpc) is 2.90. The number of benzene rings is 2. The van der Waals surface area contributed by atoms with Crippen LogP contribution in [0.25, 0.3) is 0 Å². The van der Waals surface area contributed by atoms with Crippen molar-refractivity contribution < 1.29 is 14.3 Å². The van der Waals surface area contributed by atoms with Gasteiger partial charge in [0.2, 0.25) is 0 Å². The van der Waals surface area contributed by atoms with E-state index < -0.39 is 5.91 Å². The second-order valence-corrected chi connectivity index (χ2v) is 10.3. The van der Waals surface area contributed by atoms with Crippen molar-refractivity contribution in [3.63, 3.8) is 0 Å². The number of anilines is 2. The highest BCUT2D eigenvalue weighted by Gasteiger charge is 2.21. The van der Waals surface area contributed by atoms with E-state index in [2.05, 4.69) is 34.8 Å². The Labute approximate surface area is 251 Å². The molecular weight excluding hydrogens is 582 g/mol. The normalized spacial score (nSPS) is 14.5. The zero-order valence-electron chi connectivity index (χ0n) is 21.6. The molecule has 1 aliphatic rings. The topological polar surface area (TPSA) is 92.4 Å². The predicted octanol–water partition coefficient (Wildman–Crippen LogP) is 7.24. The maximum atomic E-state index is 13.4. The lowest BCUT2D eigenvalue weighted by Gasteiger charge is -2.24. The Balaban J connectivity index is 0.00000267. The van der Waals surface area contributed by atoms with Crippen LogP contribution in [0, 0.1) is 5.92 Å². The summed E-state index contributed by atoms with van der Waals surface area (Å²) in [6, 6.07) is 13.5. The maximum absolute atomic E-state index is 13.4. The molecule has 2 aromatic carbocycles. The molecule has 11 heteroatoms. The second-order valence-electron chi connectivity index (χ2n) is 9.39. The van der Waals surface area contributed by atoms with E-state index in [4.69, 9.17) is 27.9 Å². The Morgan fingerprint density at radius 2 is 1.74 bits per heavy atom. The largest absolute Gasteiger partial charge is 0.492 e. The first kappa shape index (κ1) is 32.7. The van der Waals surface area contributed by atoms with Crippen molar-refractivity contribution in [3.8, 4) is 5.75 Å². The quantitative estimate of drug-likeness (QED) is 0.249. The van der Waals surface area contributed by atoms with Crippen LogP contribution in [0.15, 0.2) is 54.7 Å². The molecule has 210 valence electrons. The number of ether oxygens (including phenoxy) is 1. The lowest BCUT2D eigenvalue weighted by molar-refractivity contribution is 0.102. The van der Waals surface area contributed by atoms with Gasteiger partial charge in [-0.1, -0.05) is 43.1 Å². The van der Waals surface area contributed by atoms with Gasteiger partial charge in [-0.3, -0.25) is 9.59 Å². The summed E-state index contributed by atoms with van der Waals surface area (Å²) < 4.78 is 6.19. The maximum Gasteiger partial charge on any atom is 0.259 e. The third kappa shape index (κ3) is 8.98. The van der Waals surface area contributed by atoms with Gasteiger partial charge in [-0.25, -0.2) is 4.98 Å². The van der Waals surface area contributed by atoms with Crippen molar-refractivity contribution in [1.82, 2.24) is 10.3 Å². The minimum absolute atomic E-state index is 0. The third-order valence-corrected chi connectivity index (χ3v) is 6.69. The molecule has 3 aromatic rings. The SMILES string of the molecule is CC(C)c1ccc(C(=O)Nc2ccc(Cl)cc2C(=O)Nc2ccc(Cl)cn2)c(OCC2CCCNC2)c1.Cl.Cl. The molecule has 2 amide bonds. The van der Waals surface area contributed by atoms with Gasteiger partial charge in [0.05, 0.1) is 28.4 Å². The second kappa shape index (κ2) is 15.3. The fourth-order valence-electron chi connectivity index (χ4n) is 4.12. The van der Waals surface area contributed by atoms with Gasteiger partial charge in [0.15, 0.2) is 0 Å². The molecule has 2 heterocycles. The van der Waals surface area contributed by atoms with Crippen LogP contribution < -0.4 is 20.7 Å². The van der Waals surface area contributed by atoms with Crippen LogP contribution in [0.5, 0.6) is 5.75 Å². The highest BCUT2D eigenvalue weighted by Crippen LogP contribution is 2.28. The van der Waals surface area contributed by atoms with Crippen LogP contribution in [0.2, 0.25) is 10.0 Å². The minimum Gasteiger partial charge on any atom is -0.492 e. The summed E-state index contributed by atoms with van der Waals surface area (Å²) in [5.74, 6) is 0.671. The highest BCUT2D eigenvalue weighted by molar-refractivity contribution is 6.31. The van der Waals surface area contributed by atoms with Crippen molar-refractivity contribution in [1.29, 1.82) is 0 Å². The number of nitrogens with zero attached hydrogens (tertiary/aromatic N) is 1. The number of nitrogens with one attached hydrogen (secondary N) is 3. The number of aromatic nitrogens is 1. The summed E-state index contributed by atoms with van der Waals surface area (Å²) in [6.07, 6.45) is 3.63. The van der Waals surface area contributed by atoms with Gasteiger partial charge in [-0.2, -0.15) is 0 Å².